The van der Waals surface area contributed by atoms with Gasteiger partial charge in [-0.25, -0.2) is 9.59 Å². The second-order valence-corrected chi connectivity index (χ2v) is 7.11. The van der Waals surface area contributed by atoms with Crippen LogP contribution in [-0.2, 0) is 4.74 Å². The van der Waals surface area contributed by atoms with Crippen LogP contribution in [0.4, 0.5) is 16.2 Å². The number of nitrogens with one attached hydrogen (secondary N) is 2. The smallest absolute Gasteiger partial charge is 0.337 e. The van der Waals surface area contributed by atoms with Gasteiger partial charge in [0.15, 0.2) is 0 Å². The first-order valence-corrected chi connectivity index (χ1v) is 9.84. The Hall–Kier alpha value is -3.06. The summed E-state index contributed by atoms with van der Waals surface area (Å²) >= 11 is 0. The van der Waals surface area contributed by atoms with E-state index in [1.165, 1.54) is 12.8 Å². The van der Waals surface area contributed by atoms with E-state index in [9.17, 15) is 9.59 Å². The minimum atomic E-state index is -0.433. The molecular formula is C22H28N4O3. The van der Waals surface area contributed by atoms with Crippen LogP contribution in [0.15, 0.2) is 54.6 Å². The first-order valence-electron chi connectivity index (χ1n) is 9.84. The Labute approximate surface area is 171 Å². The fraction of sp³-hybridized carbons (Fsp3) is 0.364. The molecule has 7 heteroatoms. The molecule has 2 N–H and O–H groups in total. The number of esters is 1. The van der Waals surface area contributed by atoms with Crippen LogP contribution in [0.2, 0.25) is 0 Å². The molecular weight excluding hydrogens is 368 g/mol. The van der Waals surface area contributed by atoms with E-state index in [0.29, 0.717) is 17.8 Å². The highest BCUT2D eigenvalue weighted by Crippen LogP contribution is 2.16. The highest BCUT2D eigenvalue weighted by molar-refractivity contribution is 5.93. The number of ether oxygens (including phenoxy) is 1. The van der Waals surface area contributed by atoms with Crippen molar-refractivity contribution in [3.63, 3.8) is 0 Å². The molecule has 0 saturated carbocycles. The molecule has 2 aromatic carbocycles. The average Bonchev–Trinajstić information content (AvgIpc) is 2.77. The quantitative estimate of drug-likeness (QED) is 0.735. The summed E-state index contributed by atoms with van der Waals surface area (Å²) in [5.74, 6) is -0.433. The highest BCUT2D eigenvalue weighted by atomic mass is 16.5. The van der Waals surface area contributed by atoms with Crippen LogP contribution in [0.5, 0.6) is 0 Å². The van der Waals surface area contributed by atoms with E-state index in [1.807, 2.05) is 6.07 Å². The van der Waals surface area contributed by atoms with Crippen LogP contribution < -0.4 is 15.5 Å². The van der Waals surface area contributed by atoms with E-state index in [0.717, 1.165) is 26.2 Å². The normalized spacial score (nSPS) is 15.4. The molecule has 0 aliphatic carbocycles. The summed E-state index contributed by atoms with van der Waals surface area (Å²) in [6.07, 6.45) is 0. The predicted molar refractivity (Wildman–Crippen MR) is 114 cm³/mol. The Morgan fingerprint density at radius 3 is 2.45 bits per heavy atom. The van der Waals surface area contributed by atoms with Crippen molar-refractivity contribution in [1.82, 2.24) is 10.2 Å². The average molecular weight is 396 g/mol. The molecule has 1 saturated heterocycles. The van der Waals surface area contributed by atoms with Crippen LogP contribution in [-0.4, -0.2) is 62.8 Å². The van der Waals surface area contributed by atoms with Gasteiger partial charge in [-0.3, -0.25) is 4.90 Å². The SMILES string of the molecule is COC(=O)c1cccc(NC(=O)NC[C@H](C)N2CCN(c3ccccc3)CC2)c1. The Morgan fingerprint density at radius 1 is 1.03 bits per heavy atom. The zero-order chi connectivity index (χ0) is 20.6. The number of nitrogens with zero attached hydrogens (tertiary/aromatic N) is 2. The lowest BCUT2D eigenvalue weighted by Crippen LogP contribution is -2.52. The first-order chi connectivity index (χ1) is 14.1. The van der Waals surface area contributed by atoms with Crippen LogP contribution in [0.1, 0.15) is 17.3 Å². The van der Waals surface area contributed by atoms with Gasteiger partial charge in [-0.05, 0) is 37.3 Å². The number of benzene rings is 2. The third-order valence-corrected chi connectivity index (χ3v) is 5.16. The summed E-state index contributed by atoms with van der Waals surface area (Å²) in [5, 5.41) is 5.68. The molecule has 0 radical (unpaired) electrons. The van der Waals surface area contributed by atoms with E-state index in [-0.39, 0.29) is 12.1 Å². The largest absolute Gasteiger partial charge is 0.465 e. The summed E-state index contributed by atoms with van der Waals surface area (Å²) in [4.78, 5) is 28.6. The molecule has 0 unspecified atom stereocenters. The Balaban J connectivity index is 1.43. The van der Waals surface area contributed by atoms with Gasteiger partial charge in [-0.2, -0.15) is 0 Å². The van der Waals surface area contributed by atoms with Crippen molar-refractivity contribution in [2.24, 2.45) is 0 Å². The summed E-state index contributed by atoms with van der Waals surface area (Å²) in [5.41, 5.74) is 2.20. The van der Waals surface area contributed by atoms with Crippen molar-refractivity contribution in [1.29, 1.82) is 0 Å². The fourth-order valence-electron chi connectivity index (χ4n) is 3.45. The molecule has 1 aliphatic heterocycles. The summed E-state index contributed by atoms with van der Waals surface area (Å²) in [6, 6.07) is 17.1. The van der Waals surface area contributed by atoms with E-state index < -0.39 is 5.97 Å². The van der Waals surface area contributed by atoms with Crippen LogP contribution >= 0.6 is 0 Å². The first kappa shape index (κ1) is 20.7. The van der Waals surface area contributed by atoms with Gasteiger partial charge >= 0.3 is 12.0 Å². The van der Waals surface area contributed by atoms with Crippen molar-refractivity contribution in [2.75, 3.05) is 50.1 Å². The van der Waals surface area contributed by atoms with E-state index in [1.54, 1.807) is 24.3 Å². The van der Waals surface area contributed by atoms with Crippen molar-refractivity contribution in [2.45, 2.75) is 13.0 Å². The predicted octanol–water partition coefficient (Wildman–Crippen LogP) is 2.81. The Kier molecular flexibility index (Phi) is 7.08. The van der Waals surface area contributed by atoms with Gasteiger partial charge in [0, 0.05) is 50.1 Å². The molecule has 0 spiro atoms. The number of hydrogen-bond donors (Lipinski definition) is 2. The van der Waals surface area contributed by atoms with E-state index in [2.05, 4.69) is 51.6 Å². The molecule has 7 nitrogen and oxygen atoms in total. The molecule has 1 aliphatic rings. The zero-order valence-electron chi connectivity index (χ0n) is 16.9. The number of urea groups is 1. The lowest BCUT2D eigenvalue weighted by atomic mass is 10.2. The van der Waals surface area contributed by atoms with Gasteiger partial charge in [0.25, 0.3) is 0 Å². The van der Waals surface area contributed by atoms with Gasteiger partial charge in [-0.1, -0.05) is 24.3 Å². The number of anilines is 2. The lowest BCUT2D eigenvalue weighted by Gasteiger charge is -2.39. The maximum atomic E-state index is 12.2. The second-order valence-electron chi connectivity index (χ2n) is 7.11. The van der Waals surface area contributed by atoms with Crippen LogP contribution in [0.25, 0.3) is 0 Å². The second kappa shape index (κ2) is 9.93. The standard InChI is InChI=1S/C22H28N4O3/c1-17(25-11-13-26(14-12-25)20-9-4-3-5-10-20)16-23-22(28)24-19-8-6-7-18(15-19)21(27)29-2/h3-10,15,17H,11-14,16H2,1-2H3,(H2,23,24,28)/t17-/m0/s1. The van der Waals surface area contributed by atoms with Gasteiger partial charge in [-0.15, -0.1) is 0 Å². The van der Waals surface area contributed by atoms with Crippen LogP contribution in [0.3, 0.4) is 0 Å². The topological polar surface area (TPSA) is 73.9 Å². The monoisotopic (exact) mass is 396 g/mol. The van der Waals surface area contributed by atoms with Crippen LogP contribution in [0, 0.1) is 0 Å². The molecule has 2 amide bonds. The number of rotatable bonds is 6. The fourth-order valence-corrected chi connectivity index (χ4v) is 3.45. The Bertz CT molecular complexity index is 820. The van der Waals surface area contributed by atoms with Gasteiger partial charge in [0.2, 0.25) is 0 Å². The third-order valence-electron chi connectivity index (χ3n) is 5.16. The van der Waals surface area contributed by atoms with Crippen molar-refractivity contribution < 1.29 is 14.3 Å². The van der Waals surface area contributed by atoms with Crippen molar-refractivity contribution in [3.05, 3.63) is 60.2 Å². The summed E-state index contributed by atoms with van der Waals surface area (Å²) < 4.78 is 4.70. The molecule has 1 fully saturated rings. The number of carbonyl (C=O) groups excluding carboxylic acids is 2. The minimum absolute atomic E-state index is 0.236. The van der Waals surface area contributed by atoms with Gasteiger partial charge in [0.1, 0.15) is 0 Å². The number of carbonyl (C=O) groups is 2. The zero-order valence-corrected chi connectivity index (χ0v) is 16.9. The summed E-state index contributed by atoms with van der Waals surface area (Å²) in [6.45, 7) is 6.53. The molecule has 2 aromatic rings. The number of amides is 2. The van der Waals surface area contributed by atoms with Crippen molar-refractivity contribution >= 4 is 23.4 Å². The highest BCUT2D eigenvalue weighted by Gasteiger charge is 2.21. The summed E-state index contributed by atoms with van der Waals surface area (Å²) in [7, 11) is 1.33. The molecule has 1 heterocycles. The molecule has 154 valence electrons. The van der Waals surface area contributed by atoms with E-state index >= 15 is 0 Å². The van der Waals surface area contributed by atoms with Gasteiger partial charge in [0.05, 0.1) is 12.7 Å². The van der Waals surface area contributed by atoms with Crippen molar-refractivity contribution in [3.8, 4) is 0 Å². The van der Waals surface area contributed by atoms with Gasteiger partial charge < -0.3 is 20.3 Å². The molecule has 29 heavy (non-hydrogen) atoms. The maximum absolute atomic E-state index is 12.2. The third kappa shape index (κ3) is 5.71. The maximum Gasteiger partial charge on any atom is 0.337 e. The lowest BCUT2D eigenvalue weighted by molar-refractivity contribution is 0.0600. The molecule has 0 aromatic heterocycles. The number of methoxy groups -OCH3 is 1. The number of para-hydroxylation sites is 1. The molecule has 3 rings (SSSR count). The molecule has 1 atom stereocenters. The minimum Gasteiger partial charge on any atom is -0.465 e. The van der Waals surface area contributed by atoms with E-state index in [4.69, 9.17) is 4.74 Å². The number of hydrogen-bond acceptors (Lipinski definition) is 5. The molecule has 0 bridgehead atoms. The Morgan fingerprint density at radius 2 is 1.76 bits per heavy atom. The number of piperazine rings is 1.